The monoisotopic (exact) mass is 421 g/mol. The number of unbranched alkanes of at least 4 members (excludes halogenated alkanes) is 1. The van der Waals surface area contributed by atoms with E-state index >= 15 is 0 Å². The van der Waals surface area contributed by atoms with Crippen molar-refractivity contribution in [3.63, 3.8) is 0 Å². The van der Waals surface area contributed by atoms with E-state index in [2.05, 4.69) is 33.0 Å². The molecule has 1 aromatic heterocycles. The maximum absolute atomic E-state index is 12.3. The number of fused-ring (bicyclic) bond motifs is 3. The zero-order chi connectivity index (χ0) is 21.6. The van der Waals surface area contributed by atoms with Gasteiger partial charge in [-0.1, -0.05) is 48.5 Å². The van der Waals surface area contributed by atoms with Gasteiger partial charge in [-0.25, -0.2) is 14.3 Å². The van der Waals surface area contributed by atoms with Crippen LogP contribution in [0.5, 0.6) is 0 Å². The number of nitrogens with one attached hydrogen (secondary N) is 1. The van der Waals surface area contributed by atoms with Crippen molar-refractivity contribution >= 4 is 12.1 Å². The van der Waals surface area contributed by atoms with Crippen molar-refractivity contribution in [3.8, 4) is 11.1 Å². The number of carboxylic acids is 1. The molecule has 160 valence electrons. The van der Waals surface area contributed by atoms with E-state index in [9.17, 15) is 14.7 Å². The predicted molar refractivity (Wildman–Crippen MR) is 111 cm³/mol. The molecule has 4 rings (SSSR count). The van der Waals surface area contributed by atoms with E-state index in [1.54, 1.807) is 4.68 Å². The topological polar surface area (TPSA) is 119 Å². The number of carbonyl (C=O) groups is 2. The molecule has 1 aliphatic carbocycles. The SMILES string of the molecule is O=C(N[C@@H](CCCCn1cnnn1)C(=O)O)OCC1c2ccccc2-c2ccccc21. The van der Waals surface area contributed by atoms with Gasteiger partial charge in [0.25, 0.3) is 0 Å². The summed E-state index contributed by atoms with van der Waals surface area (Å²) in [6.45, 7) is 0.732. The number of carboxylic acid groups (broad SMARTS) is 1. The first-order valence-electron chi connectivity index (χ1n) is 10.2. The highest BCUT2D eigenvalue weighted by molar-refractivity contribution is 5.81. The van der Waals surface area contributed by atoms with Crippen molar-refractivity contribution < 1.29 is 19.4 Å². The van der Waals surface area contributed by atoms with Crippen LogP contribution in [0.2, 0.25) is 0 Å². The minimum Gasteiger partial charge on any atom is -0.480 e. The maximum atomic E-state index is 12.3. The Hall–Kier alpha value is -3.75. The second-order valence-corrected chi connectivity index (χ2v) is 7.43. The molecule has 0 radical (unpaired) electrons. The number of aliphatic carboxylic acids is 1. The van der Waals surface area contributed by atoms with Gasteiger partial charge in [0.05, 0.1) is 0 Å². The summed E-state index contributed by atoms with van der Waals surface area (Å²) in [7, 11) is 0. The Morgan fingerprint density at radius 1 is 1.06 bits per heavy atom. The van der Waals surface area contributed by atoms with Crippen LogP contribution in [-0.2, 0) is 16.1 Å². The lowest BCUT2D eigenvalue weighted by atomic mass is 9.98. The minimum atomic E-state index is -1.09. The molecule has 1 amide bonds. The zero-order valence-corrected chi connectivity index (χ0v) is 16.8. The van der Waals surface area contributed by atoms with Crippen LogP contribution >= 0.6 is 0 Å². The lowest BCUT2D eigenvalue weighted by Gasteiger charge is -2.17. The van der Waals surface area contributed by atoms with Gasteiger partial charge in [0.15, 0.2) is 0 Å². The first-order valence-corrected chi connectivity index (χ1v) is 10.2. The fourth-order valence-electron chi connectivity index (χ4n) is 3.94. The molecule has 3 aromatic rings. The van der Waals surface area contributed by atoms with Gasteiger partial charge in [0.1, 0.15) is 19.0 Å². The number of carbonyl (C=O) groups excluding carboxylic acids is 1. The first kappa shape index (κ1) is 20.5. The molecule has 1 heterocycles. The number of amides is 1. The predicted octanol–water partition coefficient (Wildman–Crippen LogP) is 2.84. The van der Waals surface area contributed by atoms with E-state index in [0.29, 0.717) is 25.8 Å². The number of rotatable bonds is 9. The molecule has 0 bridgehead atoms. The number of ether oxygens (including phenoxy) is 1. The van der Waals surface area contributed by atoms with Gasteiger partial charge < -0.3 is 15.2 Å². The van der Waals surface area contributed by atoms with Crippen LogP contribution in [0.1, 0.15) is 36.3 Å². The molecular weight excluding hydrogens is 398 g/mol. The van der Waals surface area contributed by atoms with Crippen molar-refractivity contribution in [2.45, 2.75) is 37.8 Å². The van der Waals surface area contributed by atoms with Gasteiger partial charge in [-0.15, -0.1) is 5.10 Å². The van der Waals surface area contributed by atoms with Crippen LogP contribution in [-0.4, -0.2) is 50.0 Å². The summed E-state index contributed by atoms with van der Waals surface area (Å²) in [4.78, 5) is 23.9. The van der Waals surface area contributed by atoms with Crippen molar-refractivity contribution in [2.24, 2.45) is 0 Å². The molecule has 1 aliphatic rings. The number of tetrazole rings is 1. The summed E-state index contributed by atoms with van der Waals surface area (Å²) < 4.78 is 7.02. The number of aryl methyl sites for hydroxylation is 1. The number of aromatic nitrogens is 4. The smallest absolute Gasteiger partial charge is 0.407 e. The fraction of sp³-hybridized carbons (Fsp3) is 0.318. The Balaban J connectivity index is 1.31. The third-order valence-electron chi connectivity index (χ3n) is 5.46. The molecule has 0 aliphatic heterocycles. The third kappa shape index (κ3) is 4.71. The van der Waals surface area contributed by atoms with Crippen molar-refractivity contribution in [2.75, 3.05) is 6.61 Å². The van der Waals surface area contributed by atoms with Gasteiger partial charge in [-0.3, -0.25) is 0 Å². The molecule has 1 atom stereocenters. The fourth-order valence-corrected chi connectivity index (χ4v) is 3.94. The van der Waals surface area contributed by atoms with Gasteiger partial charge >= 0.3 is 12.1 Å². The summed E-state index contributed by atoms with van der Waals surface area (Å²) in [6, 6.07) is 15.1. The molecule has 2 aromatic carbocycles. The average molecular weight is 421 g/mol. The Morgan fingerprint density at radius 2 is 1.74 bits per heavy atom. The lowest BCUT2D eigenvalue weighted by Crippen LogP contribution is -2.41. The van der Waals surface area contributed by atoms with Gasteiger partial charge in [0, 0.05) is 12.5 Å². The number of benzene rings is 2. The Kier molecular flexibility index (Phi) is 6.21. The lowest BCUT2D eigenvalue weighted by molar-refractivity contribution is -0.139. The second-order valence-electron chi connectivity index (χ2n) is 7.43. The van der Waals surface area contributed by atoms with Gasteiger partial charge in [-0.2, -0.15) is 0 Å². The van der Waals surface area contributed by atoms with E-state index in [4.69, 9.17) is 4.74 Å². The van der Waals surface area contributed by atoms with E-state index in [0.717, 1.165) is 22.3 Å². The molecule has 0 saturated heterocycles. The summed E-state index contributed by atoms with van der Waals surface area (Å²) in [5.74, 6) is -1.16. The molecule has 9 heteroatoms. The van der Waals surface area contributed by atoms with Crippen LogP contribution in [0.4, 0.5) is 4.79 Å². The van der Waals surface area contributed by atoms with E-state index in [-0.39, 0.29) is 12.5 Å². The molecular formula is C22H23N5O4. The molecule has 0 unspecified atom stereocenters. The number of nitrogens with zero attached hydrogens (tertiary/aromatic N) is 4. The third-order valence-corrected chi connectivity index (χ3v) is 5.46. The van der Waals surface area contributed by atoms with E-state index < -0.39 is 18.1 Å². The van der Waals surface area contributed by atoms with Crippen molar-refractivity contribution in [1.29, 1.82) is 0 Å². The molecule has 9 nitrogen and oxygen atoms in total. The summed E-state index contributed by atoms with van der Waals surface area (Å²) in [5.41, 5.74) is 4.49. The van der Waals surface area contributed by atoms with Crippen molar-refractivity contribution in [1.82, 2.24) is 25.5 Å². The largest absolute Gasteiger partial charge is 0.480 e. The van der Waals surface area contributed by atoms with Gasteiger partial charge in [-0.05, 0) is 51.9 Å². The highest BCUT2D eigenvalue weighted by Crippen LogP contribution is 2.44. The Morgan fingerprint density at radius 3 is 2.35 bits per heavy atom. The minimum absolute atomic E-state index is 0.0716. The normalized spacial score (nSPS) is 13.3. The first-order chi connectivity index (χ1) is 15.1. The number of hydrogen-bond donors (Lipinski definition) is 2. The number of hydrogen-bond acceptors (Lipinski definition) is 6. The maximum Gasteiger partial charge on any atom is 0.407 e. The summed E-state index contributed by atoms with van der Waals surface area (Å²) in [6.07, 6.45) is 2.36. The van der Waals surface area contributed by atoms with Crippen LogP contribution in [0.25, 0.3) is 11.1 Å². The molecule has 0 fully saturated rings. The standard InChI is InChI=1S/C22H23N5O4/c28-21(29)20(11-5-6-12-27-14-23-25-26-27)24-22(30)31-13-19-17-9-3-1-7-15(17)16-8-2-4-10-18(16)19/h1-4,7-10,14,19-20H,5-6,11-13H2,(H,24,30)(H,28,29)/t20-/m0/s1. The Labute approximate surface area is 179 Å². The van der Waals surface area contributed by atoms with E-state index in [1.165, 1.54) is 6.33 Å². The summed E-state index contributed by atoms with van der Waals surface area (Å²) in [5, 5.41) is 22.8. The van der Waals surface area contributed by atoms with Crippen LogP contribution in [0.15, 0.2) is 54.9 Å². The van der Waals surface area contributed by atoms with E-state index in [1.807, 2.05) is 36.4 Å². The zero-order valence-electron chi connectivity index (χ0n) is 16.8. The second kappa shape index (κ2) is 9.38. The summed E-state index contributed by atoms with van der Waals surface area (Å²) >= 11 is 0. The van der Waals surface area contributed by atoms with Crippen LogP contribution in [0, 0.1) is 0 Å². The average Bonchev–Trinajstić information content (AvgIpc) is 3.40. The molecule has 2 N–H and O–H groups in total. The molecule has 0 saturated carbocycles. The molecule has 31 heavy (non-hydrogen) atoms. The Bertz CT molecular complexity index is 1010. The highest BCUT2D eigenvalue weighted by Gasteiger charge is 2.29. The van der Waals surface area contributed by atoms with Crippen LogP contribution < -0.4 is 5.32 Å². The molecule has 0 spiro atoms. The van der Waals surface area contributed by atoms with Crippen LogP contribution in [0.3, 0.4) is 0 Å². The number of alkyl carbamates (subject to hydrolysis) is 1. The van der Waals surface area contributed by atoms with Gasteiger partial charge in [0.2, 0.25) is 0 Å². The quantitative estimate of drug-likeness (QED) is 0.510. The van der Waals surface area contributed by atoms with Crippen molar-refractivity contribution in [3.05, 3.63) is 66.0 Å². The highest BCUT2D eigenvalue weighted by atomic mass is 16.5.